The summed E-state index contributed by atoms with van der Waals surface area (Å²) in [7, 11) is 0. The van der Waals surface area contributed by atoms with Crippen LogP contribution >= 0.6 is 11.8 Å². The number of aliphatic hydroxyl groups is 2. The second-order valence-electron chi connectivity index (χ2n) is 4.68. The highest BCUT2D eigenvalue weighted by atomic mass is 32.2. The maximum absolute atomic E-state index is 11.7. The van der Waals surface area contributed by atoms with E-state index in [9.17, 15) is 4.79 Å². The van der Waals surface area contributed by atoms with Gasteiger partial charge in [-0.3, -0.25) is 4.79 Å². The smallest absolute Gasteiger partial charge is 0.220 e. The summed E-state index contributed by atoms with van der Waals surface area (Å²) in [5, 5.41) is 20.8. The second-order valence-corrected chi connectivity index (χ2v) is 5.91. The molecular formula is C11H21NO3S. The summed E-state index contributed by atoms with van der Waals surface area (Å²) in [4.78, 5) is 11.7. The second kappa shape index (κ2) is 6.47. The van der Waals surface area contributed by atoms with E-state index < -0.39 is 5.54 Å². The molecule has 0 spiro atoms. The Morgan fingerprint density at radius 2 is 1.94 bits per heavy atom. The van der Waals surface area contributed by atoms with Crippen molar-refractivity contribution >= 4 is 17.7 Å². The van der Waals surface area contributed by atoms with Crippen molar-refractivity contribution in [2.24, 2.45) is 5.92 Å². The van der Waals surface area contributed by atoms with Crippen LogP contribution in [0.1, 0.15) is 26.2 Å². The molecule has 3 N–H and O–H groups in total. The Bertz CT molecular complexity index is 225. The molecule has 16 heavy (non-hydrogen) atoms. The molecule has 1 aliphatic heterocycles. The normalized spacial score (nSPS) is 18.4. The molecule has 1 heterocycles. The SMILES string of the molecule is CC(CO)(CO)NC(=O)CC1CCSCC1. The molecule has 5 heteroatoms. The van der Waals surface area contributed by atoms with Gasteiger partial charge in [0.1, 0.15) is 0 Å². The van der Waals surface area contributed by atoms with Crippen LogP contribution in [0.3, 0.4) is 0 Å². The number of hydrogen-bond acceptors (Lipinski definition) is 4. The molecule has 1 aliphatic rings. The zero-order valence-corrected chi connectivity index (χ0v) is 10.6. The van der Waals surface area contributed by atoms with Gasteiger partial charge >= 0.3 is 0 Å². The van der Waals surface area contributed by atoms with Crippen LogP contribution in [0, 0.1) is 5.92 Å². The lowest BCUT2D eigenvalue weighted by atomic mass is 9.97. The number of thioether (sulfide) groups is 1. The fourth-order valence-electron chi connectivity index (χ4n) is 1.73. The number of rotatable bonds is 5. The van der Waals surface area contributed by atoms with Crippen molar-refractivity contribution in [3.05, 3.63) is 0 Å². The van der Waals surface area contributed by atoms with Gasteiger partial charge in [-0.2, -0.15) is 11.8 Å². The summed E-state index contributed by atoms with van der Waals surface area (Å²) in [6, 6.07) is 0. The van der Waals surface area contributed by atoms with Gasteiger partial charge in [0.15, 0.2) is 0 Å². The molecule has 4 nitrogen and oxygen atoms in total. The number of nitrogens with one attached hydrogen (secondary N) is 1. The van der Waals surface area contributed by atoms with Crippen LogP contribution in [0.25, 0.3) is 0 Å². The van der Waals surface area contributed by atoms with Crippen molar-refractivity contribution in [3.8, 4) is 0 Å². The predicted molar refractivity (Wildman–Crippen MR) is 65.4 cm³/mol. The Morgan fingerprint density at radius 1 is 1.38 bits per heavy atom. The lowest BCUT2D eigenvalue weighted by Gasteiger charge is -2.28. The Kier molecular flexibility index (Phi) is 5.58. The fourth-order valence-corrected chi connectivity index (χ4v) is 2.93. The van der Waals surface area contributed by atoms with Crippen molar-refractivity contribution in [3.63, 3.8) is 0 Å². The van der Waals surface area contributed by atoms with E-state index in [1.54, 1.807) is 6.92 Å². The average Bonchev–Trinajstić information content (AvgIpc) is 2.30. The van der Waals surface area contributed by atoms with Crippen LogP contribution in [0.5, 0.6) is 0 Å². The summed E-state index contributed by atoms with van der Waals surface area (Å²) in [6.45, 7) is 1.16. The zero-order valence-electron chi connectivity index (χ0n) is 9.74. The van der Waals surface area contributed by atoms with Gasteiger partial charge in [-0.25, -0.2) is 0 Å². The van der Waals surface area contributed by atoms with Gasteiger partial charge in [-0.15, -0.1) is 0 Å². The minimum absolute atomic E-state index is 0.0671. The van der Waals surface area contributed by atoms with E-state index in [1.807, 2.05) is 11.8 Å². The minimum atomic E-state index is -0.888. The molecule has 0 unspecified atom stereocenters. The average molecular weight is 247 g/mol. The minimum Gasteiger partial charge on any atom is -0.394 e. The van der Waals surface area contributed by atoms with Gasteiger partial charge in [-0.05, 0) is 37.2 Å². The van der Waals surface area contributed by atoms with Crippen molar-refractivity contribution in [1.29, 1.82) is 0 Å². The third-order valence-corrected chi connectivity index (χ3v) is 4.00. The Hall–Kier alpha value is -0.260. The third-order valence-electron chi connectivity index (χ3n) is 2.95. The summed E-state index contributed by atoms with van der Waals surface area (Å²) in [5.74, 6) is 2.66. The Morgan fingerprint density at radius 3 is 2.44 bits per heavy atom. The van der Waals surface area contributed by atoms with Crippen LogP contribution < -0.4 is 5.32 Å². The van der Waals surface area contributed by atoms with Crippen LogP contribution in [-0.4, -0.2) is 46.4 Å². The zero-order chi connectivity index (χ0) is 12.0. The fraction of sp³-hybridized carbons (Fsp3) is 0.909. The first kappa shape index (κ1) is 13.8. The summed E-state index contributed by atoms with van der Waals surface area (Å²) < 4.78 is 0. The first-order valence-electron chi connectivity index (χ1n) is 5.70. The van der Waals surface area contributed by atoms with E-state index in [0.29, 0.717) is 12.3 Å². The van der Waals surface area contributed by atoms with Crippen molar-refractivity contribution in [2.75, 3.05) is 24.7 Å². The quantitative estimate of drug-likeness (QED) is 0.657. The van der Waals surface area contributed by atoms with Crippen LogP contribution in [0.15, 0.2) is 0 Å². The van der Waals surface area contributed by atoms with Gasteiger partial charge in [0.25, 0.3) is 0 Å². The summed E-state index contributed by atoms with van der Waals surface area (Å²) in [5.41, 5.74) is -0.888. The van der Waals surface area contributed by atoms with E-state index >= 15 is 0 Å². The molecule has 0 bridgehead atoms. The van der Waals surface area contributed by atoms with Gasteiger partial charge in [-0.1, -0.05) is 0 Å². The highest BCUT2D eigenvalue weighted by molar-refractivity contribution is 7.99. The van der Waals surface area contributed by atoms with Gasteiger partial charge in [0.2, 0.25) is 5.91 Å². The van der Waals surface area contributed by atoms with Crippen LogP contribution in [0.2, 0.25) is 0 Å². The number of hydrogen-bond donors (Lipinski definition) is 3. The summed E-state index contributed by atoms with van der Waals surface area (Å²) in [6.07, 6.45) is 2.69. The standard InChI is InChI=1S/C11H21NO3S/c1-11(7-13,8-14)12-10(15)6-9-2-4-16-5-3-9/h9,13-14H,2-8H2,1H3,(H,12,15). The molecule has 0 radical (unpaired) electrons. The molecule has 1 rings (SSSR count). The number of carbonyl (C=O) groups excluding carboxylic acids is 1. The molecule has 0 saturated carbocycles. The molecule has 0 aliphatic carbocycles. The third kappa shape index (κ3) is 4.31. The van der Waals surface area contributed by atoms with Crippen molar-refractivity contribution in [1.82, 2.24) is 5.32 Å². The number of carbonyl (C=O) groups is 1. The Balaban J connectivity index is 2.34. The van der Waals surface area contributed by atoms with E-state index in [0.717, 1.165) is 24.3 Å². The molecule has 0 aromatic carbocycles. The first-order valence-corrected chi connectivity index (χ1v) is 6.85. The van der Waals surface area contributed by atoms with E-state index in [1.165, 1.54) is 0 Å². The van der Waals surface area contributed by atoms with E-state index in [2.05, 4.69) is 5.32 Å². The molecule has 94 valence electrons. The monoisotopic (exact) mass is 247 g/mol. The van der Waals surface area contributed by atoms with Crippen LogP contribution in [0.4, 0.5) is 0 Å². The lowest BCUT2D eigenvalue weighted by Crippen LogP contribution is -2.52. The largest absolute Gasteiger partial charge is 0.394 e. The maximum Gasteiger partial charge on any atom is 0.220 e. The summed E-state index contributed by atoms with van der Waals surface area (Å²) >= 11 is 1.94. The van der Waals surface area contributed by atoms with Crippen molar-refractivity contribution < 1.29 is 15.0 Å². The molecule has 1 saturated heterocycles. The van der Waals surface area contributed by atoms with Gasteiger partial charge in [0, 0.05) is 6.42 Å². The maximum atomic E-state index is 11.7. The van der Waals surface area contributed by atoms with E-state index in [4.69, 9.17) is 10.2 Å². The molecule has 1 fully saturated rings. The topological polar surface area (TPSA) is 69.6 Å². The lowest BCUT2D eigenvalue weighted by molar-refractivity contribution is -0.125. The Labute approximate surface area is 101 Å². The molecule has 0 atom stereocenters. The highest BCUT2D eigenvalue weighted by Gasteiger charge is 2.26. The molecule has 0 aromatic rings. The molecular weight excluding hydrogens is 226 g/mol. The first-order chi connectivity index (χ1) is 7.59. The van der Waals surface area contributed by atoms with Crippen LogP contribution in [-0.2, 0) is 4.79 Å². The number of aliphatic hydroxyl groups excluding tert-OH is 2. The molecule has 0 aromatic heterocycles. The molecule has 1 amide bonds. The number of amides is 1. The van der Waals surface area contributed by atoms with Gasteiger partial charge in [0.05, 0.1) is 18.8 Å². The predicted octanol–water partition coefficient (Wildman–Crippen LogP) is 0.379. The van der Waals surface area contributed by atoms with E-state index in [-0.39, 0.29) is 19.1 Å². The van der Waals surface area contributed by atoms with Gasteiger partial charge < -0.3 is 15.5 Å². The highest BCUT2D eigenvalue weighted by Crippen LogP contribution is 2.25. The van der Waals surface area contributed by atoms with Crippen molar-refractivity contribution in [2.45, 2.75) is 31.7 Å².